The molecule has 0 unspecified atom stereocenters. The number of rotatable bonds is 4. The van der Waals surface area contributed by atoms with Gasteiger partial charge in [-0.2, -0.15) is 0 Å². The number of thiocarbonyl (C=S) groups is 1. The quantitative estimate of drug-likeness (QED) is 0.778. The van der Waals surface area contributed by atoms with Gasteiger partial charge in [-0.3, -0.25) is 10.1 Å². The lowest BCUT2D eigenvalue weighted by Crippen LogP contribution is -2.45. The first-order chi connectivity index (χ1) is 11.0. The van der Waals surface area contributed by atoms with Crippen molar-refractivity contribution in [3.8, 4) is 5.75 Å². The van der Waals surface area contributed by atoms with E-state index >= 15 is 0 Å². The zero-order valence-corrected chi connectivity index (χ0v) is 16.0. The SMILES string of the molecule is CC(C)COc1ccc(Br)cc1C(=O)NC(=S)N1CCCCC1. The van der Waals surface area contributed by atoms with Gasteiger partial charge in [0.15, 0.2) is 5.11 Å². The Morgan fingerprint density at radius 1 is 1.35 bits per heavy atom. The number of nitrogens with one attached hydrogen (secondary N) is 1. The minimum Gasteiger partial charge on any atom is -0.492 e. The highest BCUT2D eigenvalue weighted by Crippen LogP contribution is 2.24. The largest absolute Gasteiger partial charge is 0.492 e. The molecule has 1 heterocycles. The molecule has 1 fully saturated rings. The Morgan fingerprint density at radius 2 is 2.04 bits per heavy atom. The molecule has 0 aliphatic carbocycles. The molecule has 0 aromatic heterocycles. The fraction of sp³-hybridized carbons (Fsp3) is 0.529. The maximum absolute atomic E-state index is 12.6. The van der Waals surface area contributed by atoms with Crippen LogP contribution in [0.1, 0.15) is 43.5 Å². The summed E-state index contributed by atoms with van der Waals surface area (Å²) in [5.41, 5.74) is 0.499. The first kappa shape index (κ1) is 18.2. The molecular formula is C17H23BrN2O2S. The van der Waals surface area contributed by atoms with Crippen LogP contribution in [0.25, 0.3) is 0 Å². The van der Waals surface area contributed by atoms with Gasteiger partial charge in [0.1, 0.15) is 5.75 Å². The summed E-state index contributed by atoms with van der Waals surface area (Å²) < 4.78 is 6.60. The van der Waals surface area contributed by atoms with E-state index in [1.165, 1.54) is 6.42 Å². The Morgan fingerprint density at radius 3 is 2.70 bits per heavy atom. The summed E-state index contributed by atoms with van der Waals surface area (Å²) in [6.07, 6.45) is 3.47. The number of benzene rings is 1. The molecule has 0 spiro atoms. The maximum atomic E-state index is 12.6. The zero-order valence-electron chi connectivity index (χ0n) is 13.6. The molecule has 0 radical (unpaired) electrons. The number of piperidine rings is 1. The third-order valence-corrected chi connectivity index (χ3v) is 4.48. The number of hydrogen-bond acceptors (Lipinski definition) is 3. The molecule has 1 aliphatic heterocycles. The van der Waals surface area contributed by atoms with E-state index in [-0.39, 0.29) is 5.91 Å². The van der Waals surface area contributed by atoms with Crippen LogP contribution in [0.2, 0.25) is 0 Å². The van der Waals surface area contributed by atoms with Crippen molar-refractivity contribution in [3.63, 3.8) is 0 Å². The molecule has 0 bridgehead atoms. The Hall–Kier alpha value is -1.14. The molecule has 2 rings (SSSR count). The summed E-state index contributed by atoms with van der Waals surface area (Å²) in [5, 5.41) is 3.34. The molecule has 1 aromatic rings. The number of halogens is 1. The van der Waals surface area contributed by atoms with Crippen molar-refractivity contribution in [2.75, 3.05) is 19.7 Å². The van der Waals surface area contributed by atoms with E-state index < -0.39 is 0 Å². The monoisotopic (exact) mass is 398 g/mol. The average molecular weight is 399 g/mol. The second-order valence-corrected chi connectivity index (χ2v) is 7.45. The minimum atomic E-state index is -0.222. The smallest absolute Gasteiger partial charge is 0.261 e. The normalized spacial score (nSPS) is 14.7. The first-order valence-corrected chi connectivity index (χ1v) is 9.20. The van der Waals surface area contributed by atoms with Crippen LogP contribution in [0, 0.1) is 5.92 Å². The lowest BCUT2D eigenvalue weighted by molar-refractivity contribution is 0.0967. The van der Waals surface area contributed by atoms with Gasteiger partial charge in [-0.15, -0.1) is 0 Å². The minimum absolute atomic E-state index is 0.222. The van der Waals surface area contributed by atoms with Crippen LogP contribution in [-0.4, -0.2) is 35.6 Å². The Kier molecular flexibility index (Phi) is 6.84. The third-order valence-electron chi connectivity index (χ3n) is 3.62. The highest BCUT2D eigenvalue weighted by atomic mass is 79.9. The fourth-order valence-electron chi connectivity index (χ4n) is 2.40. The number of nitrogens with zero attached hydrogens (tertiary/aromatic N) is 1. The van der Waals surface area contributed by atoms with Crippen LogP contribution >= 0.6 is 28.1 Å². The fourth-order valence-corrected chi connectivity index (χ4v) is 3.04. The van der Waals surface area contributed by atoms with Crippen LogP contribution < -0.4 is 10.1 Å². The van der Waals surface area contributed by atoms with E-state index in [9.17, 15) is 4.79 Å². The maximum Gasteiger partial charge on any atom is 0.261 e. The summed E-state index contributed by atoms with van der Waals surface area (Å²) >= 11 is 8.78. The topological polar surface area (TPSA) is 41.6 Å². The van der Waals surface area contributed by atoms with Crippen LogP contribution in [0.15, 0.2) is 22.7 Å². The van der Waals surface area contributed by atoms with Crippen molar-refractivity contribution in [1.29, 1.82) is 0 Å². The third kappa shape index (κ3) is 5.46. The molecule has 0 atom stereocenters. The zero-order chi connectivity index (χ0) is 16.8. The van der Waals surface area contributed by atoms with Gasteiger partial charge in [0.05, 0.1) is 12.2 Å². The highest BCUT2D eigenvalue weighted by Gasteiger charge is 2.19. The van der Waals surface area contributed by atoms with Crippen molar-refractivity contribution in [1.82, 2.24) is 10.2 Å². The van der Waals surface area contributed by atoms with Gasteiger partial charge >= 0.3 is 0 Å². The summed E-state index contributed by atoms with van der Waals surface area (Å²) in [7, 11) is 0. The second kappa shape index (κ2) is 8.64. The van der Waals surface area contributed by atoms with Crippen LogP contribution in [-0.2, 0) is 0 Å². The van der Waals surface area contributed by atoms with Crippen molar-refractivity contribution in [2.24, 2.45) is 5.92 Å². The Balaban J connectivity index is 2.07. The number of carbonyl (C=O) groups is 1. The van der Waals surface area contributed by atoms with Gasteiger partial charge < -0.3 is 9.64 Å². The molecule has 6 heteroatoms. The highest BCUT2D eigenvalue weighted by molar-refractivity contribution is 9.10. The summed E-state index contributed by atoms with van der Waals surface area (Å²) in [6, 6.07) is 5.45. The lowest BCUT2D eigenvalue weighted by Gasteiger charge is -2.29. The summed E-state index contributed by atoms with van der Waals surface area (Å²) in [5.74, 6) is 0.755. The van der Waals surface area contributed by atoms with E-state index in [0.29, 0.717) is 29.0 Å². The van der Waals surface area contributed by atoms with Gasteiger partial charge in [-0.1, -0.05) is 29.8 Å². The molecule has 0 saturated carbocycles. The molecule has 1 aliphatic rings. The van der Waals surface area contributed by atoms with E-state index in [2.05, 4.69) is 40.0 Å². The van der Waals surface area contributed by atoms with Gasteiger partial charge in [-0.05, 0) is 55.6 Å². The molecule has 1 saturated heterocycles. The predicted octanol–water partition coefficient (Wildman–Crippen LogP) is 3.98. The predicted molar refractivity (Wildman–Crippen MR) is 100.0 cm³/mol. The van der Waals surface area contributed by atoms with Crippen molar-refractivity contribution in [2.45, 2.75) is 33.1 Å². The Bertz CT molecular complexity index is 572. The van der Waals surface area contributed by atoms with Crippen LogP contribution in [0.3, 0.4) is 0 Å². The van der Waals surface area contributed by atoms with E-state index in [4.69, 9.17) is 17.0 Å². The number of carbonyl (C=O) groups excluding carboxylic acids is 1. The molecule has 1 N–H and O–H groups in total. The second-order valence-electron chi connectivity index (χ2n) is 6.15. The number of ether oxygens (including phenoxy) is 1. The molecule has 23 heavy (non-hydrogen) atoms. The molecule has 1 aromatic carbocycles. The van der Waals surface area contributed by atoms with E-state index in [1.54, 1.807) is 6.07 Å². The molecule has 126 valence electrons. The number of amides is 1. The molecule has 1 amide bonds. The van der Waals surface area contributed by atoms with Gasteiger partial charge in [0.25, 0.3) is 5.91 Å². The average Bonchev–Trinajstić information content (AvgIpc) is 2.54. The van der Waals surface area contributed by atoms with E-state index in [0.717, 1.165) is 30.4 Å². The first-order valence-electron chi connectivity index (χ1n) is 8.00. The lowest BCUT2D eigenvalue weighted by atomic mass is 10.1. The van der Waals surface area contributed by atoms with Crippen LogP contribution in [0.4, 0.5) is 0 Å². The van der Waals surface area contributed by atoms with Gasteiger partial charge in [0, 0.05) is 17.6 Å². The molecule has 4 nitrogen and oxygen atoms in total. The summed E-state index contributed by atoms with van der Waals surface area (Å²) in [4.78, 5) is 14.6. The standard InChI is InChI=1S/C17H23BrN2O2S/c1-12(2)11-22-15-7-6-13(18)10-14(15)16(21)19-17(23)20-8-4-3-5-9-20/h6-7,10,12H,3-5,8-9,11H2,1-2H3,(H,19,21,23). The van der Waals surface area contributed by atoms with Gasteiger partial charge in [-0.25, -0.2) is 0 Å². The summed E-state index contributed by atoms with van der Waals surface area (Å²) in [6.45, 7) is 6.54. The number of hydrogen-bond donors (Lipinski definition) is 1. The number of likely N-dealkylation sites (tertiary alicyclic amines) is 1. The van der Waals surface area contributed by atoms with Crippen molar-refractivity contribution < 1.29 is 9.53 Å². The van der Waals surface area contributed by atoms with Gasteiger partial charge in [0.2, 0.25) is 0 Å². The van der Waals surface area contributed by atoms with Crippen LogP contribution in [0.5, 0.6) is 5.75 Å². The Labute approximate surface area is 151 Å². The molecular weight excluding hydrogens is 376 g/mol. The van der Waals surface area contributed by atoms with Crippen molar-refractivity contribution >= 4 is 39.2 Å². The van der Waals surface area contributed by atoms with Crippen molar-refractivity contribution in [3.05, 3.63) is 28.2 Å². The van der Waals surface area contributed by atoms with E-state index in [1.807, 2.05) is 12.1 Å².